The molecule has 0 aliphatic carbocycles. The highest BCUT2D eigenvalue weighted by Gasteiger charge is 2.19. The van der Waals surface area contributed by atoms with Gasteiger partial charge in [0.15, 0.2) is 5.78 Å². The van der Waals surface area contributed by atoms with Crippen LogP contribution in [0.15, 0.2) is 41.0 Å². The lowest BCUT2D eigenvalue weighted by Crippen LogP contribution is -2.21. The van der Waals surface area contributed by atoms with Gasteiger partial charge in [-0.1, -0.05) is 43.5 Å². The number of carboxylic acid groups (broad SMARTS) is 1. The first-order chi connectivity index (χ1) is 13.4. The van der Waals surface area contributed by atoms with Crippen molar-refractivity contribution in [3.05, 3.63) is 46.6 Å². The van der Waals surface area contributed by atoms with Crippen molar-refractivity contribution < 1.29 is 14.7 Å². The Morgan fingerprint density at radius 2 is 1.93 bits per heavy atom. The van der Waals surface area contributed by atoms with Gasteiger partial charge in [-0.3, -0.25) is 14.6 Å². The fourth-order valence-corrected chi connectivity index (χ4v) is 3.41. The van der Waals surface area contributed by atoms with Gasteiger partial charge in [-0.15, -0.1) is 0 Å². The van der Waals surface area contributed by atoms with Crippen molar-refractivity contribution in [2.75, 3.05) is 7.05 Å². The van der Waals surface area contributed by atoms with Crippen molar-refractivity contribution in [3.8, 4) is 0 Å². The van der Waals surface area contributed by atoms with Crippen molar-refractivity contribution in [1.29, 1.82) is 0 Å². The average molecular weight is 407 g/mol. The molecule has 0 bridgehead atoms. The van der Waals surface area contributed by atoms with Gasteiger partial charge in [0.1, 0.15) is 5.71 Å². The fraction of sp³-hybridized carbons (Fsp3) is 0.500. The molecular formula is C22H31ClN2O3. The predicted molar refractivity (Wildman–Crippen MR) is 115 cm³/mol. The number of allylic oxidation sites excluding steroid dienone is 1. The number of carboxylic acids is 1. The Labute approximate surface area is 172 Å². The number of hydrogen-bond donors (Lipinski definition) is 2. The molecule has 0 fully saturated rings. The minimum absolute atomic E-state index is 0.0307. The van der Waals surface area contributed by atoms with E-state index in [0.717, 1.165) is 42.7 Å². The highest BCUT2D eigenvalue weighted by Crippen LogP contribution is 2.17. The van der Waals surface area contributed by atoms with Gasteiger partial charge in [0.25, 0.3) is 0 Å². The summed E-state index contributed by atoms with van der Waals surface area (Å²) >= 11 is 6.00. The highest BCUT2D eigenvalue weighted by atomic mass is 35.5. The Morgan fingerprint density at radius 3 is 2.54 bits per heavy atom. The molecule has 0 spiro atoms. The molecule has 5 nitrogen and oxygen atoms in total. The summed E-state index contributed by atoms with van der Waals surface area (Å²) in [5.41, 5.74) is 8.09. The van der Waals surface area contributed by atoms with Crippen LogP contribution in [-0.2, 0) is 16.0 Å². The molecule has 0 aliphatic rings. The van der Waals surface area contributed by atoms with E-state index in [0.29, 0.717) is 12.1 Å². The molecule has 28 heavy (non-hydrogen) atoms. The number of carbonyl (C=O) groups excluding carboxylic acids is 1. The summed E-state index contributed by atoms with van der Waals surface area (Å²) in [6.45, 7) is 1.76. The number of ketones is 1. The molecule has 1 atom stereocenters. The zero-order valence-corrected chi connectivity index (χ0v) is 17.5. The van der Waals surface area contributed by atoms with E-state index in [2.05, 4.69) is 11.1 Å². The van der Waals surface area contributed by atoms with Gasteiger partial charge in [-0.2, -0.15) is 0 Å². The van der Waals surface area contributed by atoms with Crippen LogP contribution in [0, 0.1) is 5.92 Å². The molecule has 1 aromatic carbocycles. The van der Waals surface area contributed by atoms with E-state index < -0.39 is 5.97 Å². The predicted octanol–water partition coefficient (Wildman–Crippen LogP) is 4.82. The monoisotopic (exact) mass is 406 g/mol. The summed E-state index contributed by atoms with van der Waals surface area (Å²) in [6, 6.07) is 7.93. The van der Waals surface area contributed by atoms with E-state index in [1.54, 1.807) is 14.0 Å². The third-order valence-electron chi connectivity index (χ3n) is 4.60. The largest absolute Gasteiger partial charge is 0.481 e. The van der Waals surface area contributed by atoms with E-state index in [1.165, 1.54) is 11.8 Å². The third-order valence-corrected chi connectivity index (χ3v) is 4.84. The van der Waals surface area contributed by atoms with E-state index in [-0.39, 0.29) is 24.5 Å². The zero-order valence-electron chi connectivity index (χ0n) is 16.8. The van der Waals surface area contributed by atoms with Crippen LogP contribution in [0.25, 0.3) is 0 Å². The van der Waals surface area contributed by atoms with Crippen LogP contribution in [0.5, 0.6) is 0 Å². The quantitative estimate of drug-likeness (QED) is 0.363. The second-order valence-corrected chi connectivity index (χ2v) is 7.58. The number of aliphatic imine (C=N–C) groups is 1. The SMILES string of the molecule is CN=C(C(=O)C[C@H](C)CC(=O)O)/C(=C\N)CCCCCCc1cccc(Cl)c1. The van der Waals surface area contributed by atoms with Gasteiger partial charge in [0.05, 0.1) is 0 Å². The first-order valence-electron chi connectivity index (χ1n) is 9.74. The molecule has 0 aliphatic heterocycles. The molecule has 1 aromatic rings. The standard InChI is InChI=1S/C22H31ClN2O3/c1-16(13-21(27)28)12-20(26)22(25-2)18(15-24)10-6-4-3-5-8-17-9-7-11-19(23)14-17/h7,9,11,14-16H,3-6,8,10,12-13,24H2,1-2H3,(H,27,28)/b18-15-,25-22?/t16-/m0/s1. The Bertz CT molecular complexity index is 713. The van der Waals surface area contributed by atoms with Crippen molar-refractivity contribution >= 4 is 29.1 Å². The summed E-state index contributed by atoms with van der Waals surface area (Å²) in [5.74, 6) is -1.27. The summed E-state index contributed by atoms with van der Waals surface area (Å²) in [6.07, 6.45) is 7.42. The Hall–Kier alpha value is -2.14. The topological polar surface area (TPSA) is 92.8 Å². The number of aryl methyl sites for hydroxylation is 1. The first-order valence-corrected chi connectivity index (χ1v) is 10.1. The van der Waals surface area contributed by atoms with Crippen LogP contribution >= 0.6 is 11.6 Å². The maximum absolute atomic E-state index is 12.5. The molecular weight excluding hydrogens is 376 g/mol. The molecule has 0 heterocycles. The molecule has 0 saturated carbocycles. The molecule has 0 radical (unpaired) electrons. The molecule has 0 unspecified atom stereocenters. The number of halogens is 1. The third kappa shape index (κ3) is 9.18. The van der Waals surface area contributed by atoms with Gasteiger partial charge in [-0.05, 0) is 61.1 Å². The lowest BCUT2D eigenvalue weighted by molar-refractivity contribution is -0.138. The number of hydrogen-bond acceptors (Lipinski definition) is 4. The minimum Gasteiger partial charge on any atom is -0.481 e. The van der Waals surface area contributed by atoms with Crippen LogP contribution < -0.4 is 5.73 Å². The number of unbranched alkanes of at least 4 members (excludes halogenated alkanes) is 3. The number of nitrogens with zero attached hydrogens (tertiary/aromatic N) is 1. The van der Waals surface area contributed by atoms with E-state index in [9.17, 15) is 9.59 Å². The van der Waals surface area contributed by atoms with E-state index in [4.69, 9.17) is 22.4 Å². The molecule has 6 heteroatoms. The van der Waals surface area contributed by atoms with Crippen LogP contribution in [0.4, 0.5) is 0 Å². The summed E-state index contributed by atoms with van der Waals surface area (Å²) in [5, 5.41) is 9.61. The molecule has 0 aromatic heterocycles. The van der Waals surface area contributed by atoms with E-state index in [1.807, 2.05) is 18.2 Å². The Kier molecular flexibility index (Phi) is 11.2. The van der Waals surface area contributed by atoms with Gasteiger partial charge < -0.3 is 10.8 Å². The fourth-order valence-electron chi connectivity index (χ4n) is 3.20. The smallest absolute Gasteiger partial charge is 0.303 e. The lowest BCUT2D eigenvalue weighted by atomic mass is 9.93. The van der Waals surface area contributed by atoms with Crippen molar-refractivity contribution in [1.82, 2.24) is 0 Å². The summed E-state index contributed by atoms with van der Waals surface area (Å²) in [4.78, 5) is 27.3. The number of rotatable bonds is 13. The average Bonchev–Trinajstić information content (AvgIpc) is 2.62. The maximum atomic E-state index is 12.5. The first kappa shape index (κ1) is 23.9. The van der Waals surface area contributed by atoms with Crippen LogP contribution in [0.3, 0.4) is 0 Å². The van der Waals surface area contributed by atoms with Crippen molar-refractivity contribution in [2.45, 2.75) is 58.3 Å². The van der Waals surface area contributed by atoms with Crippen molar-refractivity contribution in [3.63, 3.8) is 0 Å². The second-order valence-electron chi connectivity index (χ2n) is 7.14. The van der Waals surface area contributed by atoms with Crippen molar-refractivity contribution in [2.24, 2.45) is 16.6 Å². The molecule has 1 rings (SSSR count). The van der Waals surface area contributed by atoms with Crippen LogP contribution in [-0.4, -0.2) is 29.6 Å². The molecule has 0 amide bonds. The summed E-state index contributed by atoms with van der Waals surface area (Å²) < 4.78 is 0. The maximum Gasteiger partial charge on any atom is 0.303 e. The van der Waals surface area contributed by atoms with Crippen LogP contribution in [0.2, 0.25) is 5.02 Å². The van der Waals surface area contributed by atoms with Gasteiger partial charge in [0.2, 0.25) is 0 Å². The second kappa shape index (κ2) is 13.1. The molecule has 154 valence electrons. The number of carbonyl (C=O) groups is 2. The summed E-state index contributed by atoms with van der Waals surface area (Å²) in [7, 11) is 1.57. The molecule has 0 saturated heterocycles. The zero-order chi connectivity index (χ0) is 20.9. The van der Waals surface area contributed by atoms with Gasteiger partial charge in [-0.25, -0.2) is 0 Å². The highest BCUT2D eigenvalue weighted by molar-refractivity contribution is 6.46. The number of Topliss-reactive ketones (excluding diaryl/α,β-unsaturated/α-hetero) is 1. The number of benzene rings is 1. The van der Waals surface area contributed by atoms with Gasteiger partial charge >= 0.3 is 5.97 Å². The van der Waals surface area contributed by atoms with Gasteiger partial charge in [0, 0.05) is 24.9 Å². The molecule has 3 N–H and O–H groups in total. The number of aliphatic carboxylic acids is 1. The normalized spacial score (nSPS) is 13.4. The van der Waals surface area contributed by atoms with E-state index >= 15 is 0 Å². The Morgan fingerprint density at radius 1 is 1.21 bits per heavy atom. The number of nitrogens with two attached hydrogens (primary N) is 1. The van der Waals surface area contributed by atoms with Crippen LogP contribution in [0.1, 0.15) is 57.4 Å². The Balaban J connectivity index is 2.39. The minimum atomic E-state index is -0.900. The lowest BCUT2D eigenvalue weighted by Gasteiger charge is -2.12.